The molecule has 3 aromatic carbocycles. The standard InChI is InChI=1S/C25H21ClN2O3/c1-15-8-10-17(11-9-15)22-23(27-19-6-4-5-7-21(19)31-3)25(30)28(24(22)29)20-13-12-18(26)14-16(20)2/h4-14,27H,1-3H3. The first kappa shape index (κ1) is 20.7. The van der Waals surface area contributed by atoms with Gasteiger partial charge in [-0.1, -0.05) is 53.6 Å². The Balaban J connectivity index is 1.86. The van der Waals surface area contributed by atoms with Crippen LogP contribution < -0.4 is 15.0 Å². The lowest BCUT2D eigenvalue weighted by Gasteiger charge is -2.18. The van der Waals surface area contributed by atoms with Gasteiger partial charge >= 0.3 is 0 Å². The molecule has 31 heavy (non-hydrogen) atoms. The summed E-state index contributed by atoms with van der Waals surface area (Å²) in [7, 11) is 1.56. The molecule has 0 radical (unpaired) electrons. The van der Waals surface area contributed by atoms with Crippen LogP contribution in [0.25, 0.3) is 5.57 Å². The molecule has 156 valence electrons. The number of carbonyl (C=O) groups excluding carboxylic acids is 2. The number of hydrogen-bond acceptors (Lipinski definition) is 4. The number of ether oxygens (including phenoxy) is 1. The molecule has 6 heteroatoms. The van der Waals surface area contributed by atoms with Crippen molar-refractivity contribution in [3.05, 3.63) is 94.1 Å². The van der Waals surface area contributed by atoms with Crippen LogP contribution in [0, 0.1) is 13.8 Å². The predicted octanol–water partition coefficient (Wildman–Crippen LogP) is 5.36. The van der Waals surface area contributed by atoms with Gasteiger partial charge in [0.15, 0.2) is 0 Å². The minimum absolute atomic E-state index is 0.202. The number of nitrogens with one attached hydrogen (secondary N) is 1. The lowest BCUT2D eigenvalue weighted by Crippen LogP contribution is -2.33. The molecule has 1 aliphatic rings. The summed E-state index contributed by atoms with van der Waals surface area (Å²) in [6.07, 6.45) is 0. The average Bonchev–Trinajstić information content (AvgIpc) is 2.99. The van der Waals surface area contributed by atoms with E-state index in [9.17, 15) is 9.59 Å². The van der Waals surface area contributed by atoms with Gasteiger partial charge in [-0.25, -0.2) is 4.90 Å². The number of para-hydroxylation sites is 2. The van der Waals surface area contributed by atoms with E-state index in [0.717, 1.165) is 11.1 Å². The number of rotatable bonds is 5. The fraction of sp³-hybridized carbons (Fsp3) is 0.120. The Bertz CT molecular complexity index is 1220. The molecule has 0 saturated carbocycles. The number of hydrogen-bond donors (Lipinski definition) is 1. The minimum atomic E-state index is -0.433. The Morgan fingerprint density at radius 2 is 1.61 bits per heavy atom. The third kappa shape index (κ3) is 3.80. The number of amides is 2. The number of imide groups is 1. The molecule has 1 N–H and O–H groups in total. The van der Waals surface area contributed by atoms with E-state index in [1.54, 1.807) is 37.4 Å². The van der Waals surface area contributed by atoms with Crippen LogP contribution >= 0.6 is 11.6 Å². The second-order valence-electron chi connectivity index (χ2n) is 7.32. The second kappa shape index (κ2) is 8.28. The van der Waals surface area contributed by atoms with E-state index >= 15 is 0 Å². The first-order valence-electron chi connectivity index (χ1n) is 9.77. The minimum Gasteiger partial charge on any atom is -0.495 e. The van der Waals surface area contributed by atoms with E-state index in [0.29, 0.717) is 33.3 Å². The van der Waals surface area contributed by atoms with Gasteiger partial charge in [-0.05, 0) is 55.3 Å². The van der Waals surface area contributed by atoms with Crippen molar-refractivity contribution in [1.82, 2.24) is 0 Å². The third-order valence-electron chi connectivity index (χ3n) is 5.19. The van der Waals surface area contributed by atoms with Crippen LogP contribution in [-0.4, -0.2) is 18.9 Å². The highest BCUT2D eigenvalue weighted by Crippen LogP contribution is 2.37. The number of anilines is 2. The normalized spacial score (nSPS) is 13.7. The van der Waals surface area contributed by atoms with Crippen LogP contribution in [0.15, 0.2) is 72.4 Å². The molecule has 1 aliphatic heterocycles. The van der Waals surface area contributed by atoms with Crippen LogP contribution in [0.5, 0.6) is 5.75 Å². The van der Waals surface area contributed by atoms with E-state index < -0.39 is 11.8 Å². The van der Waals surface area contributed by atoms with Crippen molar-refractivity contribution in [3.63, 3.8) is 0 Å². The number of nitrogens with zero attached hydrogens (tertiary/aromatic N) is 1. The number of methoxy groups -OCH3 is 1. The largest absolute Gasteiger partial charge is 0.495 e. The summed E-state index contributed by atoms with van der Waals surface area (Å²) < 4.78 is 5.41. The van der Waals surface area contributed by atoms with Crippen molar-refractivity contribution in [2.75, 3.05) is 17.3 Å². The lowest BCUT2D eigenvalue weighted by molar-refractivity contribution is -0.120. The van der Waals surface area contributed by atoms with Crippen LogP contribution in [0.3, 0.4) is 0 Å². The van der Waals surface area contributed by atoms with E-state index in [-0.39, 0.29) is 5.70 Å². The molecule has 0 spiro atoms. The maximum absolute atomic E-state index is 13.5. The summed E-state index contributed by atoms with van der Waals surface area (Å²) in [5.41, 5.74) is 4.07. The molecule has 3 aromatic rings. The second-order valence-corrected chi connectivity index (χ2v) is 7.75. The molecule has 0 saturated heterocycles. The molecule has 4 rings (SSSR count). The van der Waals surface area contributed by atoms with Gasteiger partial charge < -0.3 is 10.1 Å². The third-order valence-corrected chi connectivity index (χ3v) is 5.43. The zero-order valence-corrected chi connectivity index (χ0v) is 18.2. The first-order valence-corrected chi connectivity index (χ1v) is 10.1. The SMILES string of the molecule is COc1ccccc1NC1=C(c2ccc(C)cc2)C(=O)N(c2ccc(Cl)cc2C)C1=O. The molecule has 0 fully saturated rings. The first-order chi connectivity index (χ1) is 14.9. The molecule has 2 amide bonds. The van der Waals surface area contributed by atoms with E-state index in [1.807, 2.05) is 50.2 Å². The lowest BCUT2D eigenvalue weighted by atomic mass is 10.0. The monoisotopic (exact) mass is 432 g/mol. The van der Waals surface area contributed by atoms with Gasteiger partial charge in [0.1, 0.15) is 11.4 Å². The zero-order chi connectivity index (χ0) is 22.1. The average molecular weight is 433 g/mol. The Kier molecular flexibility index (Phi) is 5.53. The zero-order valence-electron chi connectivity index (χ0n) is 17.4. The Morgan fingerprint density at radius 3 is 2.29 bits per heavy atom. The fourth-order valence-corrected chi connectivity index (χ4v) is 3.83. The summed E-state index contributed by atoms with van der Waals surface area (Å²) in [6.45, 7) is 3.79. The van der Waals surface area contributed by atoms with Crippen molar-refractivity contribution in [2.45, 2.75) is 13.8 Å². The summed E-state index contributed by atoms with van der Waals surface area (Å²) in [6, 6.07) is 19.9. The molecule has 1 heterocycles. The topological polar surface area (TPSA) is 58.6 Å². The molecular formula is C25H21ClN2O3. The molecule has 0 unspecified atom stereocenters. The summed E-state index contributed by atoms with van der Waals surface area (Å²) in [5, 5.41) is 3.69. The van der Waals surface area contributed by atoms with Gasteiger partial charge in [-0.3, -0.25) is 9.59 Å². The molecule has 0 bridgehead atoms. The number of carbonyl (C=O) groups is 2. The van der Waals surface area contributed by atoms with Crippen LogP contribution in [0.1, 0.15) is 16.7 Å². The van der Waals surface area contributed by atoms with Crippen molar-refractivity contribution < 1.29 is 14.3 Å². The van der Waals surface area contributed by atoms with Gasteiger partial charge in [0.05, 0.1) is 24.1 Å². The summed E-state index contributed by atoms with van der Waals surface area (Å²) >= 11 is 6.08. The smallest absolute Gasteiger partial charge is 0.282 e. The van der Waals surface area contributed by atoms with Crippen LogP contribution in [0.2, 0.25) is 5.02 Å². The van der Waals surface area contributed by atoms with Crippen LogP contribution in [-0.2, 0) is 9.59 Å². The maximum Gasteiger partial charge on any atom is 0.282 e. The van der Waals surface area contributed by atoms with Gasteiger partial charge in [-0.2, -0.15) is 0 Å². The molecule has 0 atom stereocenters. The van der Waals surface area contributed by atoms with E-state index in [4.69, 9.17) is 16.3 Å². The van der Waals surface area contributed by atoms with Crippen molar-refractivity contribution in [1.29, 1.82) is 0 Å². The number of aryl methyl sites for hydroxylation is 2. The van der Waals surface area contributed by atoms with E-state index in [1.165, 1.54) is 4.90 Å². The highest BCUT2D eigenvalue weighted by atomic mass is 35.5. The van der Waals surface area contributed by atoms with Crippen molar-refractivity contribution in [3.8, 4) is 5.75 Å². The molecule has 0 aliphatic carbocycles. The van der Waals surface area contributed by atoms with Gasteiger partial charge in [0.2, 0.25) is 0 Å². The highest BCUT2D eigenvalue weighted by Gasteiger charge is 2.41. The van der Waals surface area contributed by atoms with Gasteiger partial charge in [0.25, 0.3) is 11.8 Å². The van der Waals surface area contributed by atoms with Gasteiger partial charge in [0, 0.05) is 5.02 Å². The molecule has 5 nitrogen and oxygen atoms in total. The Morgan fingerprint density at radius 1 is 0.903 bits per heavy atom. The van der Waals surface area contributed by atoms with Gasteiger partial charge in [-0.15, -0.1) is 0 Å². The Labute approximate surface area is 185 Å². The van der Waals surface area contributed by atoms with Crippen LogP contribution in [0.4, 0.5) is 11.4 Å². The van der Waals surface area contributed by atoms with E-state index in [2.05, 4.69) is 5.32 Å². The molecular weight excluding hydrogens is 412 g/mol. The summed E-state index contributed by atoms with van der Waals surface area (Å²) in [4.78, 5) is 28.2. The van der Waals surface area contributed by atoms with Crippen molar-refractivity contribution in [2.24, 2.45) is 0 Å². The fourth-order valence-electron chi connectivity index (χ4n) is 3.60. The predicted molar refractivity (Wildman–Crippen MR) is 123 cm³/mol. The van der Waals surface area contributed by atoms with Crippen molar-refractivity contribution >= 4 is 40.4 Å². The molecule has 0 aromatic heterocycles. The number of benzene rings is 3. The summed E-state index contributed by atoms with van der Waals surface area (Å²) in [5.74, 6) is -0.256. The quantitative estimate of drug-likeness (QED) is 0.551. The maximum atomic E-state index is 13.5. The Hall–Kier alpha value is -3.57. The number of halogens is 1. The highest BCUT2D eigenvalue weighted by molar-refractivity contribution is 6.46.